The van der Waals surface area contributed by atoms with Crippen molar-refractivity contribution >= 4 is 5.69 Å². The molecule has 2 N–H and O–H groups in total. The number of benzene rings is 1. The molecule has 4 nitrogen and oxygen atoms in total. The number of nitrogens with zero attached hydrogens (tertiary/aromatic N) is 2. The van der Waals surface area contributed by atoms with Crippen LogP contribution < -0.4 is 10.5 Å². The van der Waals surface area contributed by atoms with Crippen LogP contribution in [0.25, 0.3) is 0 Å². The molecule has 15 heavy (non-hydrogen) atoms. The zero-order valence-corrected chi connectivity index (χ0v) is 8.13. The number of aromatic nitrogens is 2. The summed E-state index contributed by atoms with van der Waals surface area (Å²) >= 11 is 0. The molecule has 0 spiro atoms. The van der Waals surface area contributed by atoms with Crippen molar-refractivity contribution in [2.75, 3.05) is 5.73 Å². The van der Waals surface area contributed by atoms with Crippen molar-refractivity contribution in [3.05, 3.63) is 48.5 Å². The summed E-state index contributed by atoms with van der Waals surface area (Å²) in [4.78, 5) is 8.05. The maximum absolute atomic E-state index is 5.56. The Bertz CT molecular complexity index is 414. The summed E-state index contributed by atoms with van der Waals surface area (Å²) in [5, 5.41) is 0. The molecule has 76 valence electrons. The molecule has 0 radical (unpaired) electrons. The number of nitrogens with two attached hydrogens (primary N) is 1. The van der Waals surface area contributed by atoms with Crippen LogP contribution in [0.1, 0.15) is 5.69 Å². The molecule has 1 aromatic heterocycles. The van der Waals surface area contributed by atoms with Crippen LogP contribution in [0.3, 0.4) is 0 Å². The standard InChI is InChI=1S/C11H11N3O/c12-9-1-3-11(4-2-9)15-8-10-7-13-5-6-14-10/h1-7H,8,12H2. The van der Waals surface area contributed by atoms with E-state index in [1.54, 1.807) is 30.7 Å². The fraction of sp³-hybridized carbons (Fsp3) is 0.0909. The van der Waals surface area contributed by atoms with Gasteiger partial charge in [-0.05, 0) is 24.3 Å². The number of hydrogen-bond donors (Lipinski definition) is 1. The second-order valence-electron chi connectivity index (χ2n) is 3.05. The van der Waals surface area contributed by atoms with Gasteiger partial charge in [0.25, 0.3) is 0 Å². The molecule has 0 amide bonds. The summed E-state index contributed by atoms with van der Waals surface area (Å²) < 4.78 is 5.49. The molecule has 0 fully saturated rings. The van der Waals surface area contributed by atoms with Crippen molar-refractivity contribution < 1.29 is 4.74 Å². The highest BCUT2D eigenvalue weighted by Gasteiger charge is 1.96. The maximum atomic E-state index is 5.56. The van der Waals surface area contributed by atoms with Gasteiger partial charge in [0.05, 0.1) is 11.9 Å². The van der Waals surface area contributed by atoms with E-state index in [0.717, 1.165) is 17.1 Å². The maximum Gasteiger partial charge on any atom is 0.132 e. The van der Waals surface area contributed by atoms with Gasteiger partial charge in [-0.25, -0.2) is 0 Å². The Hall–Kier alpha value is -2.10. The van der Waals surface area contributed by atoms with Crippen LogP contribution >= 0.6 is 0 Å². The van der Waals surface area contributed by atoms with Crippen molar-refractivity contribution in [1.29, 1.82) is 0 Å². The third-order valence-electron chi connectivity index (χ3n) is 1.88. The number of anilines is 1. The van der Waals surface area contributed by atoms with E-state index >= 15 is 0 Å². The van der Waals surface area contributed by atoms with Crippen molar-refractivity contribution in [2.45, 2.75) is 6.61 Å². The Balaban J connectivity index is 1.96. The van der Waals surface area contributed by atoms with Gasteiger partial charge in [0.15, 0.2) is 0 Å². The highest BCUT2D eigenvalue weighted by Crippen LogP contribution is 2.14. The molecule has 0 bridgehead atoms. The third-order valence-corrected chi connectivity index (χ3v) is 1.88. The molecular weight excluding hydrogens is 190 g/mol. The Morgan fingerprint density at radius 2 is 1.93 bits per heavy atom. The first-order valence-corrected chi connectivity index (χ1v) is 4.58. The van der Waals surface area contributed by atoms with Gasteiger partial charge in [-0.2, -0.15) is 0 Å². The average molecular weight is 201 g/mol. The molecule has 0 aliphatic heterocycles. The van der Waals surface area contributed by atoms with Gasteiger partial charge in [-0.1, -0.05) is 0 Å². The Kier molecular flexibility index (Phi) is 2.78. The Labute approximate surface area is 87.7 Å². The first-order valence-electron chi connectivity index (χ1n) is 4.58. The minimum absolute atomic E-state index is 0.414. The third kappa shape index (κ3) is 2.67. The molecule has 2 aromatic rings. The van der Waals surface area contributed by atoms with Crippen LogP contribution in [0.4, 0.5) is 5.69 Å². The normalized spacial score (nSPS) is 9.87. The highest BCUT2D eigenvalue weighted by molar-refractivity contribution is 5.41. The molecule has 1 heterocycles. The average Bonchev–Trinajstić information content (AvgIpc) is 2.30. The minimum atomic E-state index is 0.414. The Morgan fingerprint density at radius 1 is 1.13 bits per heavy atom. The van der Waals surface area contributed by atoms with Crippen molar-refractivity contribution in [3.63, 3.8) is 0 Å². The summed E-state index contributed by atoms with van der Waals surface area (Å²) in [7, 11) is 0. The van der Waals surface area contributed by atoms with Gasteiger partial charge in [-0.3, -0.25) is 9.97 Å². The molecule has 4 heteroatoms. The fourth-order valence-corrected chi connectivity index (χ4v) is 1.13. The molecule has 0 saturated heterocycles. The fourth-order valence-electron chi connectivity index (χ4n) is 1.13. The monoisotopic (exact) mass is 201 g/mol. The summed E-state index contributed by atoms with van der Waals surface area (Å²) in [6, 6.07) is 7.25. The van der Waals surface area contributed by atoms with Crippen LogP contribution in [0.2, 0.25) is 0 Å². The van der Waals surface area contributed by atoms with E-state index in [1.165, 1.54) is 0 Å². The molecule has 0 unspecified atom stereocenters. The molecular formula is C11H11N3O. The van der Waals surface area contributed by atoms with Gasteiger partial charge < -0.3 is 10.5 Å². The molecule has 2 rings (SSSR count). The summed E-state index contributed by atoms with van der Waals surface area (Å²) in [5.74, 6) is 0.773. The van der Waals surface area contributed by atoms with Crippen LogP contribution in [0, 0.1) is 0 Å². The number of rotatable bonds is 3. The van der Waals surface area contributed by atoms with E-state index in [4.69, 9.17) is 10.5 Å². The topological polar surface area (TPSA) is 61.0 Å². The summed E-state index contributed by atoms with van der Waals surface area (Å²) in [5.41, 5.74) is 7.08. The lowest BCUT2D eigenvalue weighted by atomic mass is 10.3. The Morgan fingerprint density at radius 3 is 2.60 bits per heavy atom. The van der Waals surface area contributed by atoms with Crippen molar-refractivity contribution in [3.8, 4) is 5.75 Å². The number of ether oxygens (including phenoxy) is 1. The lowest BCUT2D eigenvalue weighted by Gasteiger charge is -2.04. The van der Waals surface area contributed by atoms with E-state index in [0.29, 0.717) is 6.61 Å². The predicted octanol–water partition coefficient (Wildman–Crippen LogP) is 1.64. The smallest absolute Gasteiger partial charge is 0.132 e. The van der Waals surface area contributed by atoms with Gasteiger partial charge in [0, 0.05) is 18.1 Å². The van der Waals surface area contributed by atoms with Crippen molar-refractivity contribution in [1.82, 2.24) is 9.97 Å². The van der Waals surface area contributed by atoms with Crippen LogP contribution in [-0.4, -0.2) is 9.97 Å². The lowest BCUT2D eigenvalue weighted by Crippen LogP contribution is -1.98. The zero-order valence-electron chi connectivity index (χ0n) is 8.13. The quantitative estimate of drug-likeness (QED) is 0.767. The zero-order chi connectivity index (χ0) is 10.5. The lowest BCUT2D eigenvalue weighted by molar-refractivity contribution is 0.301. The van der Waals surface area contributed by atoms with E-state index in [2.05, 4.69) is 9.97 Å². The summed E-state index contributed by atoms with van der Waals surface area (Å²) in [6.07, 6.45) is 4.95. The van der Waals surface area contributed by atoms with E-state index in [-0.39, 0.29) is 0 Å². The highest BCUT2D eigenvalue weighted by atomic mass is 16.5. The number of hydrogen-bond acceptors (Lipinski definition) is 4. The first-order chi connectivity index (χ1) is 7.34. The minimum Gasteiger partial charge on any atom is -0.487 e. The molecule has 0 aliphatic rings. The SMILES string of the molecule is Nc1ccc(OCc2cnccn2)cc1. The second-order valence-corrected chi connectivity index (χ2v) is 3.05. The van der Waals surface area contributed by atoms with Gasteiger partial charge in [0.2, 0.25) is 0 Å². The van der Waals surface area contributed by atoms with Gasteiger partial charge in [0.1, 0.15) is 12.4 Å². The first kappa shape index (κ1) is 9.45. The van der Waals surface area contributed by atoms with Crippen LogP contribution in [-0.2, 0) is 6.61 Å². The van der Waals surface area contributed by atoms with Crippen LogP contribution in [0.5, 0.6) is 5.75 Å². The summed E-state index contributed by atoms with van der Waals surface area (Å²) in [6.45, 7) is 0.414. The molecule has 1 aromatic carbocycles. The van der Waals surface area contributed by atoms with Gasteiger partial charge in [-0.15, -0.1) is 0 Å². The number of nitrogen functional groups attached to an aromatic ring is 1. The van der Waals surface area contributed by atoms with E-state index < -0.39 is 0 Å². The molecule has 0 saturated carbocycles. The predicted molar refractivity (Wildman–Crippen MR) is 57.2 cm³/mol. The molecule has 0 aliphatic carbocycles. The van der Waals surface area contributed by atoms with E-state index in [1.807, 2.05) is 12.1 Å². The van der Waals surface area contributed by atoms with Crippen LogP contribution in [0.15, 0.2) is 42.9 Å². The van der Waals surface area contributed by atoms with Crippen molar-refractivity contribution in [2.24, 2.45) is 0 Å². The van der Waals surface area contributed by atoms with Gasteiger partial charge >= 0.3 is 0 Å². The molecule has 0 atom stereocenters. The van der Waals surface area contributed by atoms with E-state index in [9.17, 15) is 0 Å². The largest absolute Gasteiger partial charge is 0.487 e. The second kappa shape index (κ2) is 4.41.